The number of ketones is 1. The normalized spacial score (nSPS) is 11.3. The molecule has 2 heterocycles. The lowest BCUT2D eigenvalue weighted by Crippen LogP contribution is -2.00. The zero-order valence-corrected chi connectivity index (χ0v) is 19.2. The van der Waals surface area contributed by atoms with Crippen LogP contribution in [-0.2, 0) is 11.2 Å². The van der Waals surface area contributed by atoms with Gasteiger partial charge in [-0.15, -0.1) is 22.7 Å². The molecule has 0 atom stereocenters. The second-order valence-electron chi connectivity index (χ2n) is 7.24. The van der Waals surface area contributed by atoms with Crippen LogP contribution < -0.4 is 4.74 Å². The lowest BCUT2D eigenvalue weighted by atomic mass is 10.1. The van der Waals surface area contributed by atoms with E-state index in [1.54, 1.807) is 18.3 Å². The number of Topliss-reactive ketones (excluding diaryl/α,β-unsaturated/α-hetero) is 1. The summed E-state index contributed by atoms with van der Waals surface area (Å²) in [6.07, 6.45) is 3.64. The highest BCUT2D eigenvalue weighted by Crippen LogP contribution is 2.35. The largest absolute Gasteiger partial charge is 0.491 e. The molecule has 0 aliphatic heterocycles. The van der Waals surface area contributed by atoms with Crippen LogP contribution >= 0.6 is 22.7 Å². The van der Waals surface area contributed by atoms with E-state index in [0.29, 0.717) is 31.6 Å². The van der Waals surface area contributed by atoms with Crippen LogP contribution in [0.4, 0.5) is 5.69 Å². The van der Waals surface area contributed by atoms with Crippen molar-refractivity contribution in [1.82, 2.24) is 0 Å². The number of aryl methyl sites for hydroxylation is 3. The summed E-state index contributed by atoms with van der Waals surface area (Å²) in [5, 5.41) is 9.01. The molecule has 0 aliphatic rings. The Balaban J connectivity index is 1.80. The molecule has 0 saturated carbocycles. The molecule has 30 heavy (non-hydrogen) atoms. The molecule has 0 amide bonds. The minimum Gasteiger partial charge on any atom is -0.491 e. The number of hydrogen-bond acceptors (Lipinski definition) is 6. The average molecular weight is 442 g/mol. The van der Waals surface area contributed by atoms with Crippen molar-refractivity contribution in [3.05, 3.63) is 57.3 Å². The van der Waals surface area contributed by atoms with Gasteiger partial charge in [0.2, 0.25) is 0 Å². The van der Waals surface area contributed by atoms with E-state index in [1.807, 2.05) is 35.8 Å². The van der Waals surface area contributed by atoms with E-state index in [2.05, 4.69) is 37.0 Å². The number of aliphatic hydroxyl groups excluding tert-OH is 1. The number of rotatable bonds is 10. The van der Waals surface area contributed by atoms with E-state index in [1.165, 1.54) is 20.2 Å². The fourth-order valence-electron chi connectivity index (χ4n) is 2.89. The maximum Gasteiger partial charge on any atom is 0.144 e. The van der Waals surface area contributed by atoms with Crippen molar-refractivity contribution in [2.75, 3.05) is 13.2 Å². The Morgan fingerprint density at radius 3 is 2.67 bits per heavy atom. The second-order valence-corrected chi connectivity index (χ2v) is 9.61. The van der Waals surface area contributed by atoms with Gasteiger partial charge < -0.3 is 14.6 Å². The minimum atomic E-state index is 0.0922. The summed E-state index contributed by atoms with van der Waals surface area (Å²) in [4.78, 5) is 21.0. The number of aliphatic hydroxyl groups is 1. The zero-order chi connectivity index (χ0) is 21.5. The average Bonchev–Trinajstić information content (AvgIpc) is 3.32. The van der Waals surface area contributed by atoms with Gasteiger partial charge in [0.25, 0.3) is 0 Å². The van der Waals surface area contributed by atoms with Crippen LogP contribution in [0.15, 0.2) is 41.4 Å². The molecule has 1 aromatic carbocycles. The molecule has 1 N–H and O–H groups in total. The van der Waals surface area contributed by atoms with Gasteiger partial charge in [-0.05, 0) is 68.7 Å². The van der Waals surface area contributed by atoms with E-state index >= 15 is 0 Å². The first-order valence-electron chi connectivity index (χ1n) is 10.0. The fraction of sp³-hybridized carbons (Fsp3) is 0.333. The molecule has 2 aromatic heterocycles. The SMILES string of the molecule is CC(=O)CCc1ccc(OCCCO)c(N=Cc2ccc(-c3cc(C)c(C)s3)s2)c1. The fourth-order valence-corrected chi connectivity index (χ4v) is 4.89. The van der Waals surface area contributed by atoms with E-state index in [0.717, 1.165) is 16.1 Å². The van der Waals surface area contributed by atoms with Gasteiger partial charge >= 0.3 is 0 Å². The quantitative estimate of drug-likeness (QED) is 0.304. The summed E-state index contributed by atoms with van der Waals surface area (Å²) in [7, 11) is 0. The van der Waals surface area contributed by atoms with Crippen LogP contribution in [0.3, 0.4) is 0 Å². The van der Waals surface area contributed by atoms with Crippen molar-refractivity contribution in [3.63, 3.8) is 0 Å². The van der Waals surface area contributed by atoms with Crippen LogP contribution in [0, 0.1) is 13.8 Å². The first-order chi connectivity index (χ1) is 14.5. The van der Waals surface area contributed by atoms with Gasteiger partial charge in [-0.3, -0.25) is 4.99 Å². The maximum atomic E-state index is 11.3. The van der Waals surface area contributed by atoms with Crippen molar-refractivity contribution < 1.29 is 14.6 Å². The molecule has 6 heteroatoms. The molecular formula is C24H27NO3S2. The summed E-state index contributed by atoms with van der Waals surface area (Å²) in [5.74, 6) is 0.862. The predicted octanol–water partition coefficient (Wildman–Crippen LogP) is 6.13. The molecule has 0 bridgehead atoms. The number of hydrogen-bond donors (Lipinski definition) is 1. The monoisotopic (exact) mass is 441 g/mol. The van der Waals surface area contributed by atoms with Gasteiger partial charge in [0.15, 0.2) is 0 Å². The third kappa shape index (κ3) is 6.11. The smallest absolute Gasteiger partial charge is 0.144 e. The Morgan fingerprint density at radius 1 is 1.13 bits per heavy atom. The van der Waals surface area contributed by atoms with Crippen LogP contribution in [0.2, 0.25) is 0 Å². The first kappa shape index (κ1) is 22.4. The standard InChI is InChI=1S/C24H27NO3S2/c1-16-13-24(29-18(16)3)23-10-8-20(30-23)15-25-21-14-19(6-5-17(2)27)7-9-22(21)28-12-4-11-26/h7-10,13-15,26H,4-6,11-12H2,1-3H3. The van der Waals surface area contributed by atoms with Crippen molar-refractivity contribution in [1.29, 1.82) is 0 Å². The summed E-state index contributed by atoms with van der Waals surface area (Å²) >= 11 is 3.53. The number of carbonyl (C=O) groups excluding carboxylic acids is 1. The number of ether oxygens (including phenoxy) is 1. The van der Waals surface area contributed by atoms with Crippen LogP contribution in [0.5, 0.6) is 5.75 Å². The van der Waals surface area contributed by atoms with E-state index in [9.17, 15) is 4.79 Å². The lowest BCUT2D eigenvalue weighted by molar-refractivity contribution is -0.116. The molecule has 158 valence electrons. The second kappa shape index (κ2) is 10.7. The Hall–Kier alpha value is -2.28. The molecule has 0 unspecified atom stereocenters. The van der Waals surface area contributed by atoms with E-state index < -0.39 is 0 Å². The van der Waals surface area contributed by atoms with Crippen LogP contribution in [0.25, 0.3) is 9.75 Å². The maximum absolute atomic E-state index is 11.3. The van der Waals surface area contributed by atoms with E-state index in [-0.39, 0.29) is 12.4 Å². The third-order valence-electron chi connectivity index (χ3n) is 4.72. The Kier molecular flexibility index (Phi) is 7.96. The zero-order valence-electron chi connectivity index (χ0n) is 17.6. The summed E-state index contributed by atoms with van der Waals surface area (Å²) < 4.78 is 5.80. The molecule has 0 spiro atoms. The van der Waals surface area contributed by atoms with Crippen molar-refractivity contribution in [2.24, 2.45) is 4.99 Å². The Morgan fingerprint density at radius 2 is 1.97 bits per heavy atom. The molecule has 0 radical (unpaired) electrons. The van der Waals surface area contributed by atoms with Crippen LogP contribution in [-0.4, -0.2) is 30.3 Å². The van der Waals surface area contributed by atoms with Crippen LogP contribution in [0.1, 0.15) is 40.6 Å². The topological polar surface area (TPSA) is 58.9 Å². The van der Waals surface area contributed by atoms with E-state index in [4.69, 9.17) is 9.84 Å². The minimum absolute atomic E-state index is 0.0922. The highest BCUT2D eigenvalue weighted by Gasteiger charge is 2.08. The molecular weight excluding hydrogens is 414 g/mol. The van der Waals surface area contributed by atoms with Gasteiger partial charge in [-0.1, -0.05) is 6.07 Å². The van der Waals surface area contributed by atoms with Gasteiger partial charge in [0.05, 0.1) is 6.61 Å². The van der Waals surface area contributed by atoms with Gasteiger partial charge in [-0.2, -0.15) is 0 Å². The highest BCUT2D eigenvalue weighted by atomic mass is 32.1. The van der Waals surface area contributed by atoms with Gasteiger partial charge in [0, 0.05) is 45.2 Å². The number of benzene rings is 1. The highest BCUT2D eigenvalue weighted by molar-refractivity contribution is 7.23. The lowest BCUT2D eigenvalue weighted by Gasteiger charge is -2.10. The number of carbonyl (C=O) groups is 1. The summed E-state index contributed by atoms with van der Waals surface area (Å²) in [6, 6.07) is 12.3. The predicted molar refractivity (Wildman–Crippen MR) is 127 cm³/mol. The summed E-state index contributed by atoms with van der Waals surface area (Å²) in [6.45, 7) is 6.43. The van der Waals surface area contributed by atoms with Crippen molar-refractivity contribution >= 4 is 40.4 Å². The third-order valence-corrected chi connectivity index (χ3v) is 7.08. The Bertz CT molecular complexity index is 1010. The molecule has 4 nitrogen and oxygen atoms in total. The number of aliphatic imine (C=N–C) groups is 1. The molecule has 3 rings (SSSR count). The van der Waals surface area contributed by atoms with Crippen molar-refractivity contribution in [3.8, 4) is 15.5 Å². The molecule has 3 aromatic rings. The number of nitrogens with zero attached hydrogens (tertiary/aromatic N) is 1. The molecule has 0 aliphatic carbocycles. The number of thiophene rings is 2. The van der Waals surface area contributed by atoms with Gasteiger partial charge in [-0.25, -0.2) is 0 Å². The molecule has 0 saturated heterocycles. The first-order valence-corrected chi connectivity index (χ1v) is 11.7. The van der Waals surface area contributed by atoms with Gasteiger partial charge in [0.1, 0.15) is 17.2 Å². The van der Waals surface area contributed by atoms with Crippen molar-refractivity contribution in [2.45, 2.75) is 40.0 Å². The Labute approximate surface area is 185 Å². The molecule has 0 fully saturated rings. The summed E-state index contributed by atoms with van der Waals surface area (Å²) in [5.41, 5.74) is 3.13.